The van der Waals surface area contributed by atoms with Gasteiger partial charge in [-0.3, -0.25) is 0 Å². The van der Waals surface area contributed by atoms with Crippen LogP contribution in [0.25, 0.3) is 5.57 Å². The number of nitrogens with one attached hydrogen (secondary N) is 1. The Labute approximate surface area is 119 Å². The summed E-state index contributed by atoms with van der Waals surface area (Å²) in [6.45, 7) is 1.04. The highest BCUT2D eigenvalue weighted by Gasteiger charge is 2.05. The number of halogens is 1. The number of hydrogen-bond donors (Lipinski definition) is 1. The molecular weight excluding hydrogens is 262 g/mol. The van der Waals surface area contributed by atoms with Crippen molar-refractivity contribution in [3.63, 3.8) is 0 Å². The number of thiophene rings is 1. The summed E-state index contributed by atoms with van der Waals surface area (Å²) in [4.78, 5) is 1.44. The molecule has 0 unspecified atom stereocenters. The molecule has 0 atom stereocenters. The van der Waals surface area contributed by atoms with Gasteiger partial charge in [0.1, 0.15) is 0 Å². The van der Waals surface area contributed by atoms with E-state index in [9.17, 15) is 0 Å². The van der Waals surface area contributed by atoms with Crippen molar-refractivity contribution in [1.82, 2.24) is 0 Å². The molecule has 0 aliphatic rings. The van der Waals surface area contributed by atoms with Gasteiger partial charge >= 0.3 is 0 Å². The van der Waals surface area contributed by atoms with Gasteiger partial charge in [-0.05, 0) is 39.6 Å². The summed E-state index contributed by atoms with van der Waals surface area (Å²) in [5, 5.41) is 4.35. The van der Waals surface area contributed by atoms with E-state index in [1.54, 1.807) is 11.3 Å². The highest BCUT2D eigenvalue weighted by molar-refractivity contribution is 7.08. The van der Waals surface area contributed by atoms with Gasteiger partial charge in [0.25, 0.3) is 0 Å². The molecule has 0 bridgehead atoms. The van der Waals surface area contributed by atoms with Crippen LogP contribution in [0, 0.1) is 0 Å². The molecule has 1 aromatic carbocycles. The second-order valence-electron chi connectivity index (χ2n) is 4.41. The molecule has 0 aliphatic heterocycles. The Bertz CT molecular complexity index is 474. The van der Waals surface area contributed by atoms with Crippen molar-refractivity contribution in [1.29, 1.82) is 0 Å². The third kappa shape index (κ3) is 3.98. The fourth-order valence-corrected chi connectivity index (χ4v) is 2.40. The summed E-state index contributed by atoms with van der Waals surface area (Å²) < 4.78 is 0. The zero-order valence-electron chi connectivity index (χ0n) is 10.7. The zero-order chi connectivity index (χ0) is 12.1. The van der Waals surface area contributed by atoms with Gasteiger partial charge in [0.05, 0.1) is 20.6 Å². The number of rotatable bonds is 4. The first kappa shape index (κ1) is 15.0. The number of quaternary nitrogens is 1. The van der Waals surface area contributed by atoms with Crippen molar-refractivity contribution in [2.24, 2.45) is 0 Å². The van der Waals surface area contributed by atoms with Gasteiger partial charge in [0, 0.05) is 0 Å². The van der Waals surface area contributed by atoms with Crippen LogP contribution < -0.4 is 17.3 Å². The van der Waals surface area contributed by atoms with Gasteiger partial charge in [0.15, 0.2) is 0 Å². The minimum atomic E-state index is 0. The summed E-state index contributed by atoms with van der Waals surface area (Å²) >= 11 is 1.75. The molecule has 0 aliphatic carbocycles. The highest BCUT2D eigenvalue weighted by Crippen LogP contribution is 2.24. The SMILES string of the molecule is C[NH+](C)C/C=C(\c1ccccc1)c1ccsc1.[Cl-]. The smallest absolute Gasteiger partial charge is 0.0963 e. The normalized spacial score (nSPS) is 11.4. The maximum Gasteiger partial charge on any atom is 0.0963 e. The lowest BCUT2D eigenvalue weighted by atomic mass is 10.00. The van der Waals surface area contributed by atoms with Crippen LogP contribution in [0.2, 0.25) is 0 Å². The molecule has 1 N–H and O–H groups in total. The van der Waals surface area contributed by atoms with Crippen LogP contribution >= 0.6 is 11.3 Å². The maximum atomic E-state index is 2.33. The van der Waals surface area contributed by atoms with Gasteiger partial charge in [0.2, 0.25) is 0 Å². The van der Waals surface area contributed by atoms with Gasteiger partial charge in [-0.15, -0.1) is 0 Å². The summed E-state index contributed by atoms with van der Waals surface area (Å²) in [6.07, 6.45) is 2.33. The Morgan fingerprint density at radius 2 is 1.83 bits per heavy atom. The molecule has 0 saturated heterocycles. The van der Waals surface area contributed by atoms with E-state index < -0.39 is 0 Å². The first-order chi connectivity index (χ1) is 8.27. The van der Waals surface area contributed by atoms with Gasteiger partial charge < -0.3 is 17.3 Å². The van der Waals surface area contributed by atoms with Crippen LogP contribution in [0.5, 0.6) is 0 Å². The third-order valence-electron chi connectivity index (χ3n) is 2.63. The van der Waals surface area contributed by atoms with Crippen LogP contribution in [0.3, 0.4) is 0 Å². The number of likely N-dealkylation sites (N-methyl/N-ethyl adjacent to an activating group) is 1. The quantitative estimate of drug-likeness (QED) is 0.757. The Morgan fingerprint density at radius 1 is 1.11 bits per heavy atom. The van der Waals surface area contributed by atoms with Crippen LogP contribution in [0.4, 0.5) is 0 Å². The van der Waals surface area contributed by atoms with Crippen molar-refractivity contribution >= 4 is 16.9 Å². The monoisotopic (exact) mass is 279 g/mol. The fraction of sp³-hybridized carbons (Fsp3) is 0.200. The number of hydrogen-bond acceptors (Lipinski definition) is 1. The van der Waals surface area contributed by atoms with Gasteiger partial charge in [-0.1, -0.05) is 30.3 Å². The molecule has 0 saturated carbocycles. The standard InChI is InChI=1S/C15H17NS.ClH/c1-16(2)10-8-15(14-9-11-17-12-14)13-6-4-3-5-7-13;/h3-9,11-12H,10H2,1-2H3;1H/b15-8+;. The molecule has 0 radical (unpaired) electrons. The second kappa shape index (κ2) is 7.37. The predicted molar refractivity (Wildman–Crippen MR) is 75.5 cm³/mol. The van der Waals surface area contributed by atoms with Crippen LogP contribution in [-0.2, 0) is 0 Å². The average molecular weight is 280 g/mol. The lowest BCUT2D eigenvalue weighted by Gasteiger charge is -2.08. The Balaban J connectivity index is 0.00000162. The zero-order valence-corrected chi connectivity index (χ0v) is 12.3. The lowest BCUT2D eigenvalue weighted by molar-refractivity contribution is -0.851. The average Bonchev–Trinajstić information content (AvgIpc) is 2.84. The molecule has 18 heavy (non-hydrogen) atoms. The second-order valence-corrected chi connectivity index (χ2v) is 5.19. The molecule has 0 fully saturated rings. The van der Waals surface area contributed by atoms with Gasteiger partial charge in [-0.25, -0.2) is 0 Å². The molecule has 2 rings (SSSR count). The predicted octanol–water partition coefficient (Wildman–Crippen LogP) is -0.672. The topological polar surface area (TPSA) is 4.44 Å². The molecule has 96 valence electrons. The van der Waals surface area contributed by atoms with Crippen molar-refractivity contribution in [3.8, 4) is 0 Å². The van der Waals surface area contributed by atoms with Crippen molar-refractivity contribution in [3.05, 3.63) is 64.4 Å². The fourth-order valence-electron chi connectivity index (χ4n) is 1.74. The minimum Gasteiger partial charge on any atom is -1.00 e. The van der Waals surface area contributed by atoms with E-state index in [2.05, 4.69) is 67.3 Å². The Kier molecular flexibility index (Phi) is 6.13. The van der Waals surface area contributed by atoms with E-state index >= 15 is 0 Å². The number of benzene rings is 1. The van der Waals surface area contributed by atoms with E-state index in [0.717, 1.165) is 6.54 Å². The lowest BCUT2D eigenvalue weighted by Crippen LogP contribution is -3.05. The molecule has 2 aromatic rings. The molecule has 1 nitrogen and oxygen atoms in total. The third-order valence-corrected chi connectivity index (χ3v) is 3.31. The Morgan fingerprint density at radius 3 is 2.39 bits per heavy atom. The summed E-state index contributed by atoms with van der Waals surface area (Å²) in [5.41, 5.74) is 3.96. The molecular formula is C15H18ClNS. The molecule has 0 spiro atoms. The highest BCUT2D eigenvalue weighted by atomic mass is 35.5. The molecule has 1 heterocycles. The van der Waals surface area contributed by atoms with Crippen LogP contribution in [-0.4, -0.2) is 20.6 Å². The van der Waals surface area contributed by atoms with E-state index in [0.29, 0.717) is 0 Å². The summed E-state index contributed by atoms with van der Waals surface area (Å²) in [7, 11) is 4.35. The minimum absolute atomic E-state index is 0. The first-order valence-corrected chi connectivity index (χ1v) is 6.79. The summed E-state index contributed by atoms with van der Waals surface area (Å²) in [6, 6.07) is 12.8. The van der Waals surface area contributed by atoms with Crippen LogP contribution in [0.1, 0.15) is 11.1 Å². The first-order valence-electron chi connectivity index (χ1n) is 5.84. The molecule has 0 amide bonds. The van der Waals surface area contributed by atoms with Crippen molar-refractivity contribution < 1.29 is 17.3 Å². The van der Waals surface area contributed by atoms with E-state index in [1.165, 1.54) is 21.6 Å². The summed E-state index contributed by atoms with van der Waals surface area (Å²) in [5.74, 6) is 0. The van der Waals surface area contributed by atoms with Crippen LogP contribution in [0.15, 0.2) is 53.2 Å². The maximum absolute atomic E-state index is 2.33. The van der Waals surface area contributed by atoms with Crippen molar-refractivity contribution in [2.75, 3.05) is 20.6 Å². The van der Waals surface area contributed by atoms with E-state index in [-0.39, 0.29) is 12.4 Å². The molecule has 3 heteroatoms. The van der Waals surface area contributed by atoms with E-state index in [4.69, 9.17) is 0 Å². The van der Waals surface area contributed by atoms with Crippen molar-refractivity contribution in [2.45, 2.75) is 0 Å². The van der Waals surface area contributed by atoms with Gasteiger partial charge in [-0.2, -0.15) is 11.3 Å². The Hall–Kier alpha value is -1.09. The largest absolute Gasteiger partial charge is 1.00 e. The van der Waals surface area contributed by atoms with E-state index in [1.807, 2.05) is 0 Å². The molecule has 1 aromatic heterocycles.